The molecule has 1 heterocycles. The molecule has 0 unspecified atom stereocenters. The number of hydrogen-bond acceptors (Lipinski definition) is 4. The molecule has 0 atom stereocenters. The van der Waals surface area contributed by atoms with Crippen LogP contribution in [-0.4, -0.2) is 16.1 Å². The summed E-state index contributed by atoms with van der Waals surface area (Å²) in [6, 6.07) is 0. The highest BCUT2D eigenvalue weighted by Crippen LogP contribution is 2.28. The fourth-order valence-corrected chi connectivity index (χ4v) is 2.35. The largest absolute Gasteiger partial charge is 0.474 e. The van der Waals surface area contributed by atoms with Gasteiger partial charge in [0, 0.05) is 0 Å². The molecule has 0 bridgehead atoms. The fourth-order valence-electron chi connectivity index (χ4n) is 2.35. The van der Waals surface area contributed by atoms with Crippen molar-refractivity contribution in [3.63, 3.8) is 0 Å². The van der Waals surface area contributed by atoms with E-state index in [1.807, 2.05) is 6.92 Å². The molecule has 1 saturated carbocycles. The lowest BCUT2D eigenvalue weighted by molar-refractivity contribution is 0.129. The summed E-state index contributed by atoms with van der Waals surface area (Å²) in [5.41, 5.74) is 6.76. The standard InChI is InChI=1S/C13H21N3O/c1-3-11-12(14)15-8-16-13(11)17-10-6-4-9(2)5-7-10/h8-10H,3-7H2,1-2H3,(H2,14,15,16). The van der Waals surface area contributed by atoms with Crippen LogP contribution in [0.2, 0.25) is 0 Å². The Morgan fingerprint density at radius 2 is 2.00 bits per heavy atom. The van der Waals surface area contributed by atoms with Crippen molar-refractivity contribution in [2.45, 2.75) is 52.1 Å². The van der Waals surface area contributed by atoms with E-state index in [4.69, 9.17) is 10.5 Å². The summed E-state index contributed by atoms with van der Waals surface area (Å²) in [4.78, 5) is 8.21. The van der Waals surface area contributed by atoms with Crippen LogP contribution in [0, 0.1) is 5.92 Å². The number of ether oxygens (including phenoxy) is 1. The van der Waals surface area contributed by atoms with E-state index in [0.717, 1.165) is 30.7 Å². The van der Waals surface area contributed by atoms with Gasteiger partial charge in [0.2, 0.25) is 5.88 Å². The van der Waals surface area contributed by atoms with Gasteiger partial charge in [-0.1, -0.05) is 13.8 Å². The van der Waals surface area contributed by atoms with Gasteiger partial charge in [0.15, 0.2) is 0 Å². The smallest absolute Gasteiger partial charge is 0.222 e. The summed E-state index contributed by atoms with van der Waals surface area (Å²) in [5, 5.41) is 0. The Kier molecular flexibility index (Phi) is 3.82. The van der Waals surface area contributed by atoms with Gasteiger partial charge >= 0.3 is 0 Å². The Morgan fingerprint density at radius 3 is 2.65 bits per heavy atom. The van der Waals surface area contributed by atoms with Gasteiger partial charge in [0.05, 0.1) is 5.56 Å². The summed E-state index contributed by atoms with van der Waals surface area (Å²) < 4.78 is 5.98. The van der Waals surface area contributed by atoms with Crippen molar-refractivity contribution in [2.24, 2.45) is 5.92 Å². The van der Waals surface area contributed by atoms with Crippen LogP contribution in [-0.2, 0) is 6.42 Å². The predicted molar refractivity (Wildman–Crippen MR) is 67.9 cm³/mol. The number of rotatable bonds is 3. The van der Waals surface area contributed by atoms with Crippen molar-refractivity contribution >= 4 is 5.82 Å². The predicted octanol–water partition coefficient (Wildman–Crippen LogP) is 2.58. The van der Waals surface area contributed by atoms with Gasteiger partial charge in [-0.3, -0.25) is 0 Å². The van der Waals surface area contributed by atoms with E-state index in [0.29, 0.717) is 17.8 Å². The molecule has 1 aromatic rings. The summed E-state index contributed by atoms with van der Waals surface area (Å²) in [5.74, 6) is 2.05. The highest BCUT2D eigenvalue weighted by atomic mass is 16.5. The van der Waals surface area contributed by atoms with Crippen LogP contribution in [0.5, 0.6) is 5.88 Å². The van der Waals surface area contributed by atoms with Crippen molar-refractivity contribution in [3.05, 3.63) is 11.9 Å². The zero-order valence-electron chi connectivity index (χ0n) is 10.6. The number of hydrogen-bond donors (Lipinski definition) is 1. The van der Waals surface area contributed by atoms with Crippen molar-refractivity contribution in [2.75, 3.05) is 5.73 Å². The van der Waals surface area contributed by atoms with Gasteiger partial charge in [0.25, 0.3) is 0 Å². The van der Waals surface area contributed by atoms with Crippen LogP contribution >= 0.6 is 0 Å². The lowest BCUT2D eigenvalue weighted by atomic mass is 9.89. The first-order valence-electron chi connectivity index (χ1n) is 6.46. The van der Waals surface area contributed by atoms with E-state index in [-0.39, 0.29) is 0 Å². The monoisotopic (exact) mass is 235 g/mol. The van der Waals surface area contributed by atoms with Gasteiger partial charge in [-0.25, -0.2) is 9.97 Å². The van der Waals surface area contributed by atoms with Crippen LogP contribution in [0.3, 0.4) is 0 Å². The van der Waals surface area contributed by atoms with Crippen molar-refractivity contribution in [3.8, 4) is 5.88 Å². The zero-order chi connectivity index (χ0) is 12.3. The lowest BCUT2D eigenvalue weighted by Crippen LogP contribution is -2.24. The van der Waals surface area contributed by atoms with Crippen LogP contribution in [0.15, 0.2) is 6.33 Å². The zero-order valence-corrected chi connectivity index (χ0v) is 10.6. The van der Waals surface area contributed by atoms with Crippen LogP contribution in [0.4, 0.5) is 5.82 Å². The maximum atomic E-state index is 5.98. The van der Waals surface area contributed by atoms with Crippen LogP contribution in [0.25, 0.3) is 0 Å². The molecule has 2 N–H and O–H groups in total. The van der Waals surface area contributed by atoms with Gasteiger partial charge in [0.1, 0.15) is 18.2 Å². The summed E-state index contributed by atoms with van der Waals surface area (Å²) in [7, 11) is 0. The van der Waals surface area contributed by atoms with Crippen molar-refractivity contribution in [1.82, 2.24) is 9.97 Å². The maximum absolute atomic E-state index is 5.98. The molecular formula is C13H21N3O. The average Bonchev–Trinajstić information content (AvgIpc) is 2.32. The van der Waals surface area contributed by atoms with E-state index in [2.05, 4.69) is 16.9 Å². The molecule has 0 aliphatic heterocycles. The molecule has 1 aliphatic carbocycles. The fraction of sp³-hybridized carbons (Fsp3) is 0.692. The van der Waals surface area contributed by atoms with Gasteiger partial charge in [-0.05, 0) is 38.0 Å². The molecule has 4 nitrogen and oxygen atoms in total. The minimum absolute atomic E-state index is 0.297. The summed E-state index contributed by atoms with van der Waals surface area (Å²) in [6.07, 6.45) is 7.31. The van der Waals surface area contributed by atoms with E-state index in [1.165, 1.54) is 19.2 Å². The molecule has 0 aromatic carbocycles. The number of anilines is 1. The van der Waals surface area contributed by atoms with Gasteiger partial charge in [-0.2, -0.15) is 0 Å². The van der Waals surface area contributed by atoms with E-state index in [9.17, 15) is 0 Å². The van der Waals surface area contributed by atoms with Crippen molar-refractivity contribution < 1.29 is 4.74 Å². The summed E-state index contributed by atoms with van der Waals surface area (Å²) in [6.45, 7) is 4.35. The third kappa shape index (κ3) is 2.87. The third-order valence-electron chi connectivity index (χ3n) is 3.53. The number of aromatic nitrogens is 2. The minimum atomic E-state index is 0.297. The second kappa shape index (κ2) is 5.34. The van der Waals surface area contributed by atoms with Crippen LogP contribution < -0.4 is 10.5 Å². The molecule has 2 rings (SSSR count). The SMILES string of the molecule is CCc1c(N)ncnc1OC1CCC(C)CC1. The summed E-state index contributed by atoms with van der Waals surface area (Å²) >= 11 is 0. The topological polar surface area (TPSA) is 61.0 Å². The maximum Gasteiger partial charge on any atom is 0.222 e. The molecule has 4 heteroatoms. The molecular weight excluding hydrogens is 214 g/mol. The molecule has 0 radical (unpaired) electrons. The second-order valence-electron chi connectivity index (χ2n) is 4.90. The van der Waals surface area contributed by atoms with E-state index in [1.54, 1.807) is 0 Å². The average molecular weight is 235 g/mol. The van der Waals surface area contributed by atoms with Crippen molar-refractivity contribution in [1.29, 1.82) is 0 Å². The molecule has 0 amide bonds. The number of nitrogens with two attached hydrogens (primary N) is 1. The Balaban J connectivity index is 2.05. The Hall–Kier alpha value is -1.32. The Morgan fingerprint density at radius 1 is 1.29 bits per heavy atom. The molecule has 94 valence electrons. The molecule has 0 saturated heterocycles. The number of nitrogen functional groups attached to an aromatic ring is 1. The molecule has 1 aliphatic rings. The highest BCUT2D eigenvalue weighted by molar-refractivity contribution is 5.44. The first-order valence-corrected chi connectivity index (χ1v) is 6.46. The highest BCUT2D eigenvalue weighted by Gasteiger charge is 2.21. The van der Waals surface area contributed by atoms with E-state index < -0.39 is 0 Å². The first-order chi connectivity index (χ1) is 8.20. The molecule has 17 heavy (non-hydrogen) atoms. The number of nitrogens with zero attached hydrogens (tertiary/aromatic N) is 2. The van der Waals surface area contributed by atoms with Gasteiger partial charge < -0.3 is 10.5 Å². The third-order valence-corrected chi connectivity index (χ3v) is 3.53. The Labute approximate surface area is 103 Å². The van der Waals surface area contributed by atoms with E-state index >= 15 is 0 Å². The molecule has 1 fully saturated rings. The second-order valence-corrected chi connectivity index (χ2v) is 4.90. The first kappa shape index (κ1) is 12.1. The lowest BCUT2D eigenvalue weighted by Gasteiger charge is -2.27. The minimum Gasteiger partial charge on any atom is -0.474 e. The Bertz CT molecular complexity index is 373. The van der Waals surface area contributed by atoms with Crippen LogP contribution in [0.1, 0.15) is 45.1 Å². The molecule has 1 aromatic heterocycles. The normalized spacial score (nSPS) is 24.6. The molecule has 0 spiro atoms. The van der Waals surface area contributed by atoms with Gasteiger partial charge in [-0.15, -0.1) is 0 Å². The quantitative estimate of drug-likeness (QED) is 0.874.